The Labute approximate surface area is 85.9 Å². The van der Waals surface area contributed by atoms with E-state index in [-0.39, 0.29) is 11.9 Å². The van der Waals surface area contributed by atoms with Crippen LogP contribution in [0.4, 0.5) is 0 Å². The summed E-state index contributed by atoms with van der Waals surface area (Å²) in [7, 11) is 2.03. The van der Waals surface area contributed by atoms with E-state index in [1.807, 2.05) is 14.0 Å². The highest BCUT2D eigenvalue weighted by atomic mass is 16.5. The number of ether oxygens (including phenoxy) is 1. The first-order chi connectivity index (χ1) is 6.61. The molecule has 1 aliphatic heterocycles. The number of hydrogen-bond donors (Lipinski definition) is 2. The number of nitrogens with two attached hydrogens (primary N) is 1. The van der Waals surface area contributed by atoms with Crippen molar-refractivity contribution in [3.05, 3.63) is 0 Å². The van der Waals surface area contributed by atoms with Gasteiger partial charge in [-0.25, -0.2) is 0 Å². The lowest BCUT2D eigenvalue weighted by Gasteiger charge is -2.30. The van der Waals surface area contributed by atoms with Crippen LogP contribution in [-0.4, -0.2) is 43.6 Å². The summed E-state index contributed by atoms with van der Waals surface area (Å²) in [6.45, 7) is 4.76. The highest BCUT2D eigenvalue weighted by Crippen LogP contribution is 2.16. The summed E-state index contributed by atoms with van der Waals surface area (Å²) in [6.07, 6.45) is 2.27. The van der Waals surface area contributed by atoms with Crippen molar-refractivity contribution in [2.24, 2.45) is 11.7 Å². The zero-order valence-corrected chi connectivity index (χ0v) is 9.12. The van der Waals surface area contributed by atoms with Crippen molar-refractivity contribution in [2.45, 2.75) is 25.8 Å². The van der Waals surface area contributed by atoms with E-state index in [0.717, 1.165) is 32.6 Å². The molecule has 0 spiro atoms. The van der Waals surface area contributed by atoms with E-state index in [4.69, 9.17) is 15.9 Å². The summed E-state index contributed by atoms with van der Waals surface area (Å²) >= 11 is 0. The van der Waals surface area contributed by atoms with E-state index < -0.39 is 0 Å². The van der Waals surface area contributed by atoms with Gasteiger partial charge in [-0.2, -0.15) is 0 Å². The van der Waals surface area contributed by atoms with Crippen LogP contribution in [0.5, 0.6) is 0 Å². The Morgan fingerprint density at radius 1 is 1.57 bits per heavy atom. The molecule has 1 fully saturated rings. The van der Waals surface area contributed by atoms with Crippen molar-refractivity contribution in [1.82, 2.24) is 4.90 Å². The van der Waals surface area contributed by atoms with Crippen molar-refractivity contribution in [2.75, 3.05) is 26.8 Å². The van der Waals surface area contributed by atoms with Gasteiger partial charge >= 0.3 is 0 Å². The molecule has 0 saturated carbocycles. The standard InChI is InChI=1S/C10H21N3O/c1-8(10(11)12)13(2)7-9-3-5-14-6-4-9/h8-9H,3-7H2,1-2H3,(H3,11,12). The molecule has 0 aromatic carbocycles. The molecule has 1 heterocycles. The second kappa shape index (κ2) is 5.32. The van der Waals surface area contributed by atoms with Crippen LogP contribution < -0.4 is 5.73 Å². The lowest BCUT2D eigenvalue weighted by Crippen LogP contribution is -2.42. The van der Waals surface area contributed by atoms with Crippen molar-refractivity contribution in [3.8, 4) is 0 Å². The number of amidine groups is 1. The van der Waals surface area contributed by atoms with Crippen molar-refractivity contribution >= 4 is 5.84 Å². The molecule has 82 valence electrons. The van der Waals surface area contributed by atoms with Crippen molar-refractivity contribution in [3.63, 3.8) is 0 Å². The van der Waals surface area contributed by atoms with E-state index in [1.54, 1.807) is 0 Å². The zero-order valence-electron chi connectivity index (χ0n) is 9.12. The smallest absolute Gasteiger partial charge is 0.108 e. The van der Waals surface area contributed by atoms with Gasteiger partial charge in [0.15, 0.2) is 0 Å². The van der Waals surface area contributed by atoms with Crippen molar-refractivity contribution in [1.29, 1.82) is 5.41 Å². The van der Waals surface area contributed by atoms with Gasteiger partial charge in [-0.1, -0.05) is 0 Å². The van der Waals surface area contributed by atoms with Crippen LogP contribution in [0.3, 0.4) is 0 Å². The van der Waals surface area contributed by atoms with Crippen LogP contribution >= 0.6 is 0 Å². The van der Waals surface area contributed by atoms with Crippen LogP contribution in [0.1, 0.15) is 19.8 Å². The second-order valence-electron chi connectivity index (χ2n) is 4.13. The largest absolute Gasteiger partial charge is 0.386 e. The SMILES string of the molecule is CC(C(=N)N)N(C)CC1CCOCC1. The topological polar surface area (TPSA) is 62.3 Å². The fourth-order valence-electron chi connectivity index (χ4n) is 1.73. The number of rotatable bonds is 4. The quantitative estimate of drug-likeness (QED) is 0.516. The molecular formula is C10H21N3O. The molecule has 0 aromatic rings. The summed E-state index contributed by atoms with van der Waals surface area (Å²) in [4.78, 5) is 2.15. The van der Waals surface area contributed by atoms with Crippen LogP contribution in [0, 0.1) is 11.3 Å². The molecular weight excluding hydrogens is 178 g/mol. The molecule has 0 bridgehead atoms. The average Bonchev–Trinajstić information content (AvgIpc) is 2.18. The molecule has 4 heteroatoms. The third-order valence-electron chi connectivity index (χ3n) is 3.00. The van der Waals surface area contributed by atoms with Gasteiger partial charge in [0.05, 0.1) is 6.04 Å². The average molecular weight is 199 g/mol. The lowest BCUT2D eigenvalue weighted by molar-refractivity contribution is 0.0543. The predicted molar refractivity (Wildman–Crippen MR) is 57.5 cm³/mol. The van der Waals surface area contributed by atoms with Gasteiger partial charge in [0.25, 0.3) is 0 Å². The Balaban J connectivity index is 2.31. The predicted octanol–water partition coefficient (Wildman–Crippen LogP) is 0.669. The molecule has 1 saturated heterocycles. The fourth-order valence-corrected chi connectivity index (χ4v) is 1.73. The Kier molecular flexibility index (Phi) is 4.35. The second-order valence-corrected chi connectivity index (χ2v) is 4.13. The summed E-state index contributed by atoms with van der Waals surface area (Å²) in [5.41, 5.74) is 5.46. The van der Waals surface area contributed by atoms with Gasteiger partial charge in [0.1, 0.15) is 5.84 Å². The molecule has 3 N–H and O–H groups in total. The molecule has 1 atom stereocenters. The normalized spacial score (nSPS) is 21.1. The van der Waals surface area contributed by atoms with E-state index in [0.29, 0.717) is 5.92 Å². The highest BCUT2D eigenvalue weighted by Gasteiger charge is 2.19. The minimum atomic E-state index is 0.0536. The van der Waals surface area contributed by atoms with Gasteiger partial charge in [0.2, 0.25) is 0 Å². The fraction of sp³-hybridized carbons (Fsp3) is 0.900. The molecule has 0 aliphatic carbocycles. The third kappa shape index (κ3) is 3.27. The van der Waals surface area contributed by atoms with Crippen molar-refractivity contribution < 1.29 is 4.74 Å². The van der Waals surface area contributed by atoms with Gasteiger partial charge in [-0.05, 0) is 32.7 Å². The first kappa shape index (κ1) is 11.5. The maximum Gasteiger partial charge on any atom is 0.108 e. The van der Waals surface area contributed by atoms with Crippen LogP contribution in [0.25, 0.3) is 0 Å². The molecule has 4 nitrogen and oxygen atoms in total. The summed E-state index contributed by atoms with van der Waals surface area (Å²) in [5.74, 6) is 0.954. The maximum atomic E-state index is 7.36. The van der Waals surface area contributed by atoms with Crippen LogP contribution in [0.15, 0.2) is 0 Å². The molecule has 14 heavy (non-hydrogen) atoms. The lowest BCUT2D eigenvalue weighted by atomic mass is 9.99. The Bertz CT molecular complexity index is 190. The van der Waals surface area contributed by atoms with Gasteiger partial charge in [-0.3, -0.25) is 10.3 Å². The first-order valence-electron chi connectivity index (χ1n) is 5.23. The van der Waals surface area contributed by atoms with Gasteiger partial charge < -0.3 is 10.5 Å². The Morgan fingerprint density at radius 3 is 2.64 bits per heavy atom. The summed E-state index contributed by atoms with van der Waals surface area (Å²) in [6, 6.07) is 0.0536. The number of likely N-dealkylation sites (N-methyl/N-ethyl adjacent to an activating group) is 1. The zero-order chi connectivity index (χ0) is 10.6. The van der Waals surface area contributed by atoms with E-state index >= 15 is 0 Å². The Hall–Kier alpha value is -0.610. The molecule has 0 amide bonds. The summed E-state index contributed by atoms with van der Waals surface area (Å²) in [5, 5.41) is 7.36. The monoisotopic (exact) mass is 199 g/mol. The molecule has 1 aliphatic rings. The number of nitrogens with zero attached hydrogens (tertiary/aromatic N) is 1. The van der Waals surface area contributed by atoms with E-state index in [1.165, 1.54) is 0 Å². The highest BCUT2D eigenvalue weighted by molar-refractivity contribution is 5.82. The van der Waals surface area contributed by atoms with E-state index in [9.17, 15) is 0 Å². The Morgan fingerprint density at radius 2 is 2.14 bits per heavy atom. The first-order valence-corrected chi connectivity index (χ1v) is 5.23. The minimum absolute atomic E-state index is 0.0536. The van der Waals surface area contributed by atoms with E-state index in [2.05, 4.69) is 4.90 Å². The summed E-state index contributed by atoms with van der Waals surface area (Å²) < 4.78 is 5.30. The van der Waals surface area contributed by atoms with Gasteiger partial charge in [-0.15, -0.1) is 0 Å². The molecule has 0 aromatic heterocycles. The molecule has 1 rings (SSSR count). The number of nitrogens with one attached hydrogen (secondary N) is 1. The maximum absolute atomic E-state index is 7.36. The molecule has 0 radical (unpaired) electrons. The number of hydrogen-bond acceptors (Lipinski definition) is 3. The molecule has 1 unspecified atom stereocenters. The van der Waals surface area contributed by atoms with Crippen LogP contribution in [-0.2, 0) is 4.74 Å². The third-order valence-corrected chi connectivity index (χ3v) is 3.00. The van der Waals surface area contributed by atoms with Crippen LogP contribution in [0.2, 0.25) is 0 Å². The van der Waals surface area contributed by atoms with Gasteiger partial charge in [0, 0.05) is 19.8 Å². The minimum Gasteiger partial charge on any atom is -0.386 e.